The van der Waals surface area contributed by atoms with Crippen molar-refractivity contribution in [1.82, 2.24) is 15.3 Å². The number of aromatic nitrogens is 2. The average Bonchev–Trinajstić information content (AvgIpc) is 2.33. The Morgan fingerprint density at radius 3 is 2.50 bits per heavy atom. The van der Waals surface area contributed by atoms with Crippen molar-refractivity contribution in [3.8, 4) is 0 Å². The van der Waals surface area contributed by atoms with Gasteiger partial charge in [-0.3, -0.25) is 4.79 Å². The predicted molar refractivity (Wildman–Crippen MR) is 72.8 cm³/mol. The van der Waals surface area contributed by atoms with Gasteiger partial charge in [0.2, 0.25) is 0 Å². The second-order valence-corrected chi connectivity index (χ2v) is 5.21. The minimum atomic E-state index is -0.676. The molecule has 0 atom stereocenters. The monoisotopic (exact) mass is 297 g/mol. The molecule has 0 saturated carbocycles. The van der Waals surface area contributed by atoms with Crippen molar-refractivity contribution in [2.75, 3.05) is 7.05 Å². The molecule has 106 valence electrons. The predicted octanol–water partition coefficient (Wildman–Crippen LogP) is 2.23. The molecule has 0 radical (unpaired) electrons. The first kappa shape index (κ1) is 14.7. The SMILES string of the molecule is CNCc1cc(F)c(Sc2nc(C)cc(=O)[nH]2)c(F)c1. The number of hydrogen-bond donors (Lipinski definition) is 2. The lowest BCUT2D eigenvalue weighted by molar-refractivity contribution is 0.535. The molecule has 20 heavy (non-hydrogen) atoms. The van der Waals surface area contributed by atoms with E-state index >= 15 is 0 Å². The van der Waals surface area contributed by atoms with Crippen LogP contribution in [-0.4, -0.2) is 17.0 Å². The van der Waals surface area contributed by atoms with E-state index in [1.807, 2.05) is 0 Å². The van der Waals surface area contributed by atoms with E-state index in [0.717, 1.165) is 11.8 Å². The van der Waals surface area contributed by atoms with Gasteiger partial charge in [-0.2, -0.15) is 0 Å². The molecule has 0 saturated heterocycles. The second kappa shape index (κ2) is 6.15. The molecule has 2 N–H and O–H groups in total. The molecule has 0 aliphatic heterocycles. The first-order chi connectivity index (χ1) is 9.49. The lowest BCUT2D eigenvalue weighted by atomic mass is 10.2. The zero-order valence-electron chi connectivity index (χ0n) is 11.0. The van der Waals surface area contributed by atoms with Crippen molar-refractivity contribution in [2.24, 2.45) is 0 Å². The van der Waals surface area contributed by atoms with Gasteiger partial charge in [0.15, 0.2) is 5.16 Å². The van der Waals surface area contributed by atoms with Crippen LogP contribution in [0.25, 0.3) is 0 Å². The molecule has 2 rings (SSSR count). The number of hydrogen-bond acceptors (Lipinski definition) is 4. The van der Waals surface area contributed by atoms with Gasteiger partial charge in [0.1, 0.15) is 11.6 Å². The Balaban J connectivity index is 2.36. The Labute approximate surface area is 118 Å². The molecule has 0 fully saturated rings. The standard InChI is InChI=1S/C13H13F2N3OS/c1-7-3-11(19)18-13(17-7)20-12-9(14)4-8(6-16-2)5-10(12)15/h3-5,16H,6H2,1-2H3,(H,17,18,19). The van der Waals surface area contributed by atoms with E-state index in [1.165, 1.54) is 18.2 Å². The smallest absolute Gasteiger partial charge is 0.251 e. The van der Waals surface area contributed by atoms with Gasteiger partial charge in [0.25, 0.3) is 5.56 Å². The lowest BCUT2D eigenvalue weighted by Gasteiger charge is -2.07. The fraction of sp³-hybridized carbons (Fsp3) is 0.231. The molecule has 0 amide bonds. The number of benzene rings is 1. The van der Waals surface area contributed by atoms with Crippen LogP contribution in [0, 0.1) is 18.6 Å². The summed E-state index contributed by atoms with van der Waals surface area (Å²) in [5, 5.41) is 2.98. The molecule has 0 bridgehead atoms. The molecule has 1 aromatic carbocycles. The van der Waals surface area contributed by atoms with E-state index < -0.39 is 11.6 Å². The van der Waals surface area contributed by atoms with E-state index in [1.54, 1.807) is 14.0 Å². The van der Waals surface area contributed by atoms with Crippen molar-refractivity contribution >= 4 is 11.8 Å². The molecule has 0 spiro atoms. The highest BCUT2D eigenvalue weighted by atomic mass is 32.2. The van der Waals surface area contributed by atoms with Crippen LogP contribution in [0.1, 0.15) is 11.3 Å². The highest BCUT2D eigenvalue weighted by Crippen LogP contribution is 2.30. The van der Waals surface area contributed by atoms with Gasteiger partial charge in [-0.15, -0.1) is 0 Å². The maximum Gasteiger partial charge on any atom is 0.251 e. The second-order valence-electron chi connectivity index (χ2n) is 4.21. The normalized spacial score (nSPS) is 10.8. The van der Waals surface area contributed by atoms with Crippen molar-refractivity contribution in [2.45, 2.75) is 23.5 Å². The Kier molecular flexibility index (Phi) is 4.51. The van der Waals surface area contributed by atoms with E-state index in [4.69, 9.17) is 0 Å². The van der Waals surface area contributed by atoms with Crippen LogP contribution >= 0.6 is 11.8 Å². The number of rotatable bonds is 4. The Bertz CT molecular complexity index is 665. The summed E-state index contributed by atoms with van der Waals surface area (Å²) >= 11 is 0.759. The third kappa shape index (κ3) is 3.43. The summed E-state index contributed by atoms with van der Waals surface area (Å²) in [6.07, 6.45) is 0. The number of nitrogens with one attached hydrogen (secondary N) is 2. The number of aryl methyl sites for hydroxylation is 1. The summed E-state index contributed by atoms with van der Waals surface area (Å²) in [7, 11) is 1.69. The van der Waals surface area contributed by atoms with Gasteiger partial charge in [-0.25, -0.2) is 13.8 Å². The number of halogens is 2. The van der Waals surface area contributed by atoms with Gasteiger partial charge in [-0.1, -0.05) is 0 Å². The fourth-order valence-electron chi connectivity index (χ4n) is 1.71. The van der Waals surface area contributed by atoms with Crippen molar-refractivity contribution in [1.29, 1.82) is 0 Å². The first-order valence-electron chi connectivity index (χ1n) is 5.88. The first-order valence-corrected chi connectivity index (χ1v) is 6.69. The summed E-state index contributed by atoms with van der Waals surface area (Å²) in [5.74, 6) is -1.35. The third-order valence-corrected chi connectivity index (χ3v) is 3.47. The number of nitrogens with zero attached hydrogens (tertiary/aromatic N) is 1. The van der Waals surface area contributed by atoms with Crippen LogP contribution in [0.2, 0.25) is 0 Å². The molecule has 2 aromatic rings. The van der Waals surface area contributed by atoms with Gasteiger partial charge < -0.3 is 10.3 Å². The van der Waals surface area contributed by atoms with E-state index in [2.05, 4.69) is 15.3 Å². The minimum absolute atomic E-state index is 0.161. The van der Waals surface area contributed by atoms with Gasteiger partial charge in [0, 0.05) is 18.3 Å². The molecule has 1 aromatic heterocycles. The van der Waals surface area contributed by atoms with Crippen LogP contribution in [0.4, 0.5) is 8.78 Å². The summed E-state index contributed by atoms with van der Waals surface area (Å²) in [4.78, 5) is 17.6. The van der Waals surface area contributed by atoms with Crippen molar-refractivity contribution in [3.63, 3.8) is 0 Å². The Morgan fingerprint density at radius 1 is 1.30 bits per heavy atom. The van der Waals surface area contributed by atoms with E-state index in [9.17, 15) is 13.6 Å². The summed E-state index contributed by atoms with van der Waals surface area (Å²) in [5.41, 5.74) is 0.647. The molecular weight excluding hydrogens is 284 g/mol. The maximum atomic E-state index is 13.9. The van der Waals surface area contributed by atoms with Crippen LogP contribution in [-0.2, 0) is 6.54 Å². The van der Waals surface area contributed by atoms with Gasteiger partial charge in [-0.05, 0) is 43.4 Å². The summed E-state index contributed by atoms with van der Waals surface area (Å²) in [6, 6.07) is 3.83. The highest BCUT2D eigenvalue weighted by molar-refractivity contribution is 7.99. The molecule has 0 aliphatic rings. The summed E-state index contributed by atoms with van der Waals surface area (Å²) < 4.78 is 27.8. The van der Waals surface area contributed by atoms with Crippen LogP contribution in [0.3, 0.4) is 0 Å². The molecule has 0 unspecified atom stereocenters. The van der Waals surface area contributed by atoms with Crippen molar-refractivity contribution in [3.05, 3.63) is 51.4 Å². The number of aromatic amines is 1. The lowest BCUT2D eigenvalue weighted by Crippen LogP contribution is -2.09. The maximum absolute atomic E-state index is 13.9. The highest BCUT2D eigenvalue weighted by Gasteiger charge is 2.14. The third-order valence-electron chi connectivity index (χ3n) is 2.49. The summed E-state index contributed by atoms with van der Waals surface area (Å²) in [6.45, 7) is 2.01. The topological polar surface area (TPSA) is 57.8 Å². The van der Waals surface area contributed by atoms with Gasteiger partial charge in [0.05, 0.1) is 4.90 Å². The van der Waals surface area contributed by atoms with Gasteiger partial charge >= 0.3 is 0 Å². The number of H-pyrrole nitrogens is 1. The largest absolute Gasteiger partial charge is 0.316 e. The Hall–Kier alpha value is -1.73. The average molecular weight is 297 g/mol. The molecule has 7 heteroatoms. The van der Waals surface area contributed by atoms with Crippen LogP contribution in [0.15, 0.2) is 33.0 Å². The minimum Gasteiger partial charge on any atom is -0.316 e. The zero-order valence-corrected chi connectivity index (χ0v) is 11.8. The molecule has 1 heterocycles. The van der Waals surface area contributed by atoms with Crippen LogP contribution < -0.4 is 10.9 Å². The molecule has 0 aliphatic carbocycles. The fourth-order valence-corrected chi connectivity index (χ4v) is 2.56. The molecule has 4 nitrogen and oxygen atoms in total. The molecular formula is C13H13F2N3OS. The zero-order chi connectivity index (χ0) is 14.7. The van der Waals surface area contributed by atoms with E-state index in [-0.39, 0.29) is 15.6 Å². The van der Waals surface area contributed by atoms with Crippen molar-refractivity contribution < 1.29 is 8.78 Å². The van der Waals surface area contributed by atoms with E-state index in [0.29, 0.717) is 17.8 Å². The quantitative estimate of drug-likeness (QED) is 0.850. The van der Waals surface area contributed by atoms with Crippen LogP contribution in [0.5, 0.6) is 0 Å². The Morgan fingerprint density at radius 2 is 1.95 bits per heavy atom.